The topological polar surface area (TPSA) is 95.9 Å². The Morgan fingerprint density at radius 1 is 1.06 bits per heavy atom. The Kier molecular flexibility index (Phi) is 7.73. The van der Waals surface area contributed by atoms with Gasteiger partial charge in [0.1, 0.15) is 12.6 Å². The van der Waals surface area contributed by atoms with Gasteiger partial charge in [-0.1, -0.05) is 62.4 Å². The van der Waals surface area contributed by atoms with Crippen LogP contribution in [0.1, 0.15) is 56.6 Å². The van der Waals surface area contributed by atoms with Gasteiger partial charge in [-0.2, -0.15) is 0 Å². The molecule has 7 heteroatoms. The van der Waals surface area contributed by atoms with E-state index in [0.717, 1.165) is 17.5 Å². The van der Waals surface area contributed by atoms with E-state index < -0.39 is 18.1 Å². The second-order valence-electron chi connectivity index (χ2n) is 9.99. The zero-order valence-electron chi connectivity index (χ0n) is 20.4. The number of carboxylic acid groups (broad SMARTS) is 1. The number of alkyl carbamates (subject to hydrolysis) is 1. The maximum atomic E-state index is 12.8. The van der Waals surface area contributed by atoms with E-state index >= 15 is 0 Å². The summed E-state index contributed by atoms with van der Waals surface area (Å²) < 4.78 is 5.63. The van der Waals surface area contributed by atoms with Crippen molar-refractivity contribution in [2.45, 2.75) is 51.5 Å². The number of amides is 2. The number of nitrogens with one attached hydrogen (secondary N) is 1. The molecule has 186 valence electrons. The molecule has 4 rings (SSSR count). The fourth-order valence-corrected chi connectivity index (χ4v) is 5.47. The molecule has 2 aromatic rings. The van der Waals surface area contributed by atoms with Gasteiger partial charge in [-0.05, 0) is 53.4 Å². The van der Waals surface area contributed by atoms with Crippen LogP contribution in [-0.2, 0) is 14.3 Å². The summed E-state index contributed by atoms with van der Waals surface area (Å²) in [5, 5.41) is 12.2. The maximum absolute atomic E-state index is 12.8. The molecule has 1 aliphatic heterocycles. The zero-order valence-corrected chi connectivity index (χ0v) is 20.4. The molecular formula is C28H34N2O5. The molecule has 2 aromatic carbocycles. The maximum Gasteiger partial charge on any atom is 0.407 e. The van der Waals surface area contributed by atoms with Crippen LogP contribution in [0.4, 0.5) is 4.79 Å². The number of hydrogen-bond donors (Lipinski definition) is 2. The molecule has 2 atom stereocenters. The third-order valence-corrected chi connectivity index (χ3v) is 7.00. The Labute approximate surface area is 206 Å². The first-order valence-electron chi connectivity index (χ1n) is 12.5. The van der Waals surface area contributed by atoms with E-state index in [1.807, 2.05) is 24.3 Å². The Balaban J connectivity index is 1.33. The summed E-state index contributed by atoms with van der Waals surface area (Å²) in [6.07, 6.45) is 1.66. The molecular weight excluding hydrogens is 444 g/mol. The van der Waals surface area contributed by atoms with Gasteiger partial charge >= 0.3 is 12.1 Å². The number of likely N-dealkylation sites (tertiary alicyclic amines) is 1. The van der Waals surface area contributed by atoms with Crippen molar-refractivity contribution < 1.29 is 24.2 Å². The van der Waals surface area contributed by atoms with Crippen LogP contribution in [0.5, 0.6) is 0 Å². The molecule has 0 aromatic heterocycles. The highest BCUT2D eigenvalue weighted by atomic mass is 16.5. The molecule has 35 heavy (non-hydrogen) atoms. The van der Waals surface area contributed by atoms with E-state index in [0.29, 0.717) is 31.8 Å². The highest BCUT2D eigenvalue weighted by Crippen LogP contribution is 2.44. The summed E-state index contributed by atoms with van der Waals surface area (Å²) in [5.74, 6) is -0.865. The molecule has 2 amide bonds. The quantitative estimate of drug-likeness (QED) is 0.547. The van der Waals surface area contributed by atoms with Crippen LogP contribution in [0.25, 0.3) is 11.1 Å². The van der Waals surface area contributed by atoms with E-state index in [9.17, 15) is 19.5 Å². The summed E-state index contributed by atoms with van der Waals surface area (Å²) in [4.78, 5) is 38.4. The first-order valence-corrected chi connectivity index (χ1v) is 12.5. The van der Waals surface area contributed by atoms with Crippen LogP contribution in [0.15, 0.2) is 48.5 Å². The molecule has 1 heterocycles. The van der Waals surface area contributed by atoms with Crippen LogP contribution in [0, 0.1) is 11.8 Å². The molecule has 2 N–H and O–H groups in total. The number of ether oxygens (including phenoxy) is 1. The summed E-state index contributed by atoms with van der Waals surface area (Å²) >= 11 is 0. The number of benzene rings is 2. The SMILES string of the molecule is CC(C)CC(CNC(=O)OCC1c2ccccc2-c2ccccc21)CC(=O)N1CCC[C@H]1C(=O)O. The van der Waals surface area contributed by atoms with Crippen molar-refractivity contribution >= 4 is 18.0 Å². The van der Waals surface area contributed by atoms with Gasteiger partial charge in [0, 0.05) is 25.4 Å². The Morgan fingerprint density at radius 2 is 1.69 bits per heavy atom. The van der Waals surface area contributed by atoms with Crippen molar-refractivity contribution in [1.29, 1.82) is 0 Å². The van der Waals surface area contributed by atoms with Gasteiger partial charge in [0.2, 0.25) is 5.91 Å². The fraction of sp³-hybridized carbons (Fsp3) is 0.464. The van der Waals surface area contributed by atoms with E-state index in [2.05, 4.69) is 43.4 Å². The molecule has 0 bridgehead atoms. The number of carboxylic acids is 1. The predicted octanol–water partition coefficient (Wildman–Crippen LogP) is 4.65. The third-order valence-electron chi connectivity index (χ3n) is 7.00. The lowest BCUT2D eigenvalue weighted by atomic mass is 9.93. The van der Waals surface area contributed by atoms with Crippen molar-refractivity contribution in [3.05, 3.63) is 59.7 Å². The van der Waals surface area contributed by atoms with Crippen LogP contribution < -0.4 is 5.32 Å². The number of carbonyl (C=O) groups excluding carboxylic acids is 2. The van der Waals surface area contributed by atoms with E-state index in [-0.39, 0.29) is 30.8 Å². The van der Waals surface area contributed by atoms with Crippen molar-refractivity contribution in [2.24, 2.45) is 11.8 Å². The first-order chi connectivity index (χ1) is 16.8. The van der Waals surface area contributed by atoms with E-state index in [1.54, 1.807) is 0 Å². The minimum Gasteiger partial charge on any atom is -0.480 e. The molecule has 0 radical (unpaired) electrons. The highest BCUT2D eigenvalue weighted by Gasteiger charge is 2.35. The Bertz CT molecular complexity index is 1040. The number of nitrogens with zero attached hydrogens (tertiary/aromatic N) is 1. The number of aliphatic carboxylic acids is 1. The normalized spacial score (nSPS) is 17.7. The highest BCUT2D eigenvalue weighted by molar-refractivity contribution is 5.84. The average Bonchev–Trinajstić information content (AvgIpc) is 3.45. The van der Waals surface area contributed by atoms with E-state index in [1.165, 1.54) is 16.0 Å². The van der Waals surface area contributed by atoms with Gasteiger partial charge in [-0.25, -0.2) is 9.59 Å². The summed E-state index contributed by atoms with van der Waals surface area (Å²) in [5.41, 5.74) is 4.66. The van der Waals surface area contributed by atoms with Crippen molar-refractivity contribution in [3.8, 4) is 11.1 Å². The second-order valence-corrected chi connectivity index (χ2v) is 9.99. The minimum atomic E-state index is -0.951. The first kappa shape index (κ1) is 24.8. The Morgan fingerprint density at radius 3 is 2.29 bits per heavy atom. The van der Waals surface area contributed by atoms with Gasteiger partial charge < -0.3 is 20.1 Å². The van der Waals surface area contributed by atoms with Crippen LogP contribution >= 0.6 is 0 Å². The van der Waals surface area contributed by atoms with Gasteiger partial charge in [0.25, 0.3) is 0 Å². The molecule has 0 saturated carbocycles. The standard InChI is InChI=1S/C28H34N2O5/c1-18(2)14-19(15-26(31)30-13-7-12-25(30)27(32)33)16-29-28(34)35-17-24-22-10-5-3-8-20(22)21-9-4-6-11-23(21)24/h3-6,8-11,18-19,24-25H,7,12-17H2,1-2H3,(H,29,34)(H,32,33)/t19?,25-/m0/s1. The van der Waals surface area contributed by atoms with Crippen LogP contribution in [-0.4, -0.2) is 53.7 Å². The average molecular weight is 479 g/mol. The van der Waals surface area contributed by atoms with Crippen LogP contribution in [0.3, 0.4) is 0 Å². The molecule has 0 spiro atoms. The summed E-state index contributed by atoms with van der Waals surface area (Å²) in [7, 11) is 0. The van der Waals surface area contributed by atoms with Crippen LogP contribution in [0.2, 0.25) is 0 Å². The Hall–Kier alpha value is -3.35. The van der Waals surface area contributed by atoms with E-state index in [4.69, 9.17) is 4.74 Å². The molecule has 1 unspecified atom stereocenters. The third kappa shape index (κ3) is 5.66. The minimum absolute atomic E-state index is 0.00990. The molecule has 2 aliphatic rings. The predicted molar refractivity (Wildman–Crippen MR) is 133 cm³/mol. The molecule has 1 aliphatic carbocycles. The summed E-state index contributed by atoms with van der Waals surface area (Å²) in [6.45, 7) is 5.17. The molecule has 1 saturated heterocycles. The zero-order chi connectivity index (χ0) is 24.9. The monoisotopic (exact) mass is 478 g/mol. The largest absolute Gasteiger partial charge is 0.480 e. The van der Waals surface area contributed by atoms with Gasteiger partial charge in [-0.15, -0.1) is 0 Å². The lowest BCUT2D eigenvalue weighted by Gasteiger charge is -2.25. The number of rotatable bonds is 9. The van der Waals surface area contributed by atoms with Crippen molar-refractivity contribution in [1.82, 2.24) is 10.2 Å². The lowest BCUT2D eigenvalue weighted by Crippen LogP contribution is -2.42. The van der Waals surface area contributed by atoms with Gasteiger partial charge in [-0.3, -0.25) is 4.79 Å². The van der Waals surface area contributed by atoms with Crippen molar-refractivity contribution in [3.63, 3.8) is 0 Å². The fourth-order valence-electron chi connectivity index (χ4n) is 5.47. The van der Waals surface area contributed by atoms with Crippen molar-refractivity contribution in [2.75, 3.05) is 19.7 Å². The number of carbonyl (C=O) groups is 3. The number of fused-ring (bicyclic) bond motifs is 3. The lowest BCUT2D eigenvalue weighted by molar-refractivity contribution is -0.148. The number of hydrogen-bond acceptors (Lipinski definition) is 4. The second kappa shape index (κ2) is 10.9. The smallest absolute Gasteiger partial charge is 0.407 e. The van der Waals surface area contributed by atoms with Gasteiger partial charge in [0.15, 0.2) is 0 Å². The molecule has 7 nitrogen and oxygen atoms in total. The summed E-state index contributed by atoms with van der Waals surface area (Å²) in [6, 6.07) is 15.6. The van der Waals surface area contributed by atoms with Gasteiger partial charge in [0.05, 0.1) is 0 Å². The molecule has 1 fully saturated rings.